The lowest BCUT2D eigenvalue weighted by Crippen LogP contribution is -2.50. The van der Waals surface area contributed by atoms with Crippen molar-refractivity contribution in [1.29, 1.82) is 0 Å². The number of halogens is 1. The van der Waals surface area contributed by atoms with E-state index in [2.05, 4.69) is 9.97 Å². The Morgan fingerprint density at radius 1 is 1.47 bits per heavy atom. The molecule has 3 heterocycles. The maximum absolute atomic E-state index is 5.99. The Kier molecular flexibility index (Phi) is 2.44. The second kappa shape index (κ2) is 3.64. The number of fused-ring (bicyclic) bond motifs is 1. The van der Waals surface area contributed by atoms with Gasteiger partial charge in [-0.25, -0.2) is 9.97 Å². The lowest BCUT2D eigenvalue weighted by atomic mass is 9.62. The molecule has 4 nitrogen and oxygen atoms in total. The second-order valence-corrected chi connectivity index (χ2v) is 5.58. The van der Waals surface area contributed by atoms with Gasteiger partial charge in [-0.1, -0.05) is 11.6 Å². The van der Waals surface area contributed by atoms with Crippen molar-refractivity contribution in [2.45, 2.75) is 30.8 Å². The summed E-state index contributed by atoms with van der Waals surface area (Å²) in [4.78, 5) is 8.85. The summed E-state index contributed by atoms with van der Waals surface area (Å²) in [7, 11) is 1.70. The van der Waals surface area contributed by atoms with Crippen molar-refractivity contribution < 1.29 is 9.47 Å². The van der Waals surface area contributed by atoms with Crippen molar-refractivity contribution in [3.8, 4) is 0 Å². The van der Waals surface area contributed by atoms with Gasteiger partial charge in [0.2, 0.25) is 0 Å². The van der Waals surface area contributed by atoms with Gasteiger partial charge in [0.1, 0.15) is 11.0 Å². The molecule has 92 valence electrons. The van der Waals surface area contributed by atoms with E-state index in [1.54, 1.807) is 13.2 Å². The summed E-state index contributed by atoms with van der Waals surface area (Å²) < 4.78 is 11.0. The van der Waals surface area contributed by atoms with E-state index in [9.17, 15) is 0 Å². The molecule has 0 spiro atoms. The van der Waals surface area contributed by atoms with Gasteiger partial charge >= 0.3 is 0 Å². The fraction of sp³-hybridized carbons (Fsp3) is 0.667. The summed E-state index contributed by atoms with van der Waals surface area (Å²) >= 11 is 5.99. The minimum Gasteiger partial charge on any atom is -0.382 e. The zero-order chi connectivity index (χ0) is 12.1. The third kappa shape index (κ3) is 1.66. The zero-order valence-corrected chi connectivity index (χ0v) is 10.8. The lowest BCUT2D eigenvalue weighted by molar-refractivity contribution is -0.0617. The van der Waals surface area contributed by atoms with Crippen molar-refractivity contribution in [2.75, 3.05) is 20.3 Å². The van der Waals surface area contributed by atoms with Crippen molar-refractivity contribution in [1.82, 2.24) is 9.97 Å². The van der Waals surface area contributed by atoms with E-state index in [4.69, 9.17) is 21.1 Å². The van der Waals surface area contributed by atoms with Crippen LogP contribution < -0.4 is 0 Å². The fourth-order valence-electron chi connectivity index (χ4n) is 3.07. The Morgan fingerprint density at radius 3 is 2.88 bits per heavy atom. The number of rotatable bonds is 3. The summed E-state index contributed by atoms with van der Waals surface area (Å²) in [5.74, 6) is 0.826. The molecule has 0 radical (unpaired) electrons. The highest BCUT2D eigenvalue weighted by Crippen LogP contribution is 2.58. The van der Waals surface area contributed by atoms with E-state index < -0.39 is 0 Å². The first-order chi connectivity index (χ1) is 8.07. The maximum atomic E-state index is 5.99. The van der Waals surface area contributed by atoms with Gasteiger partial charge in [-0.05, 0) is 25.8 Å². The molecule has 0 atom stereocenters. The van der Waals surface area contributed by atoms with Gasteiger partial charge in [0.25, 0.3) is 0 Å². The molecule has 2 aliphatic heterocycles. The van der Waals surface area contributed by atoms with Crippen molar-refractivity contribution in [2.24, 2.45) is 0 Å². The van der Waals surface area contributed by atoms with Crippen LogP contribution in [0.1, 0.15) is 24.4 Å². The van der Waals surface area contributed by atoms with Gasteiger partial charge in [-0.15, -0.1) is 0 Å². The van der Waals surface area contributed by atoms with Crippen LogP contribution in [0.15, 0.2) is 6.07 Å². The monoisotopic (exact) mass is 254 g/mol. The van der Waals surface area contributed by atoms with Crippen LogP contribution in [-0.4, -0.2) is 35.9 Å². The molecule has 5 heteroatoms. The smallest absolute Gasteiger partial charge is 0.139 e. The average Bonchev–Trinajstić information content (AvgIpc) is 2.72. The Labute approximate surface area is 105 Å². The Morgan fingerprint density at radius 2 is 2.24 bits per heavy atom. The first-order valence-electron chi connectivity index (χ1n) is 5.72. The first kappa shape index (κ1) is 11.4. The molecule has 1 aromatic heterocycles. The van der Waals surface area contributed by atoms with Crippen LogP contribution in [0.2, 0.25) is 5.15 Å². The van der Waals surface area contributed by atoms with E-state index in [1.165, 1.54) is 0 Å². The maximum Gasteiger partial charge on any atom is 0.139 e. The third-order valence-corrected chi connectivity index (χ3v) is 3.87. The Balaban J connectivity index is 1.88. The standard InChI is InChI=1S/C12H15ClN2O2/c1-8-3-9(13)15-10(14-8)11-4-12(5-11,7-16-2)17-6-11/h3H,4-7H2,1-2H3. The summed E-state index contributed by atoms with van der Waals surface area (Å²) in [5, 5.41) is 0.512. The SMILES string of the molecule is COCC12CC(c3nc(C)cc(Cl)n3)(CO1)C2. The number of hydrogen-bond acceptors (Lipinski definition) is 4. The molecule has 17 heavy (non-hydrogen) atoms. The average molecular weight is 255 g/mol. The molecule has 1 saturated carbocycles. The Bertz CT molecular complexity index is 438. The van der Waals surface area contributed by atoms with Gasteiger partial charge < -0.3 is 9.47 Å². The van der Waals surface area contributed by atoms with Gasteiger partial charge in [0.15, 0.2) is 0 Å². The van der Waals surface area contributed by atoms with Crippen LogP contribution in [0.3, 0.4) is 0 Å². The highest BCUT2D eigenvalue weighted by Gasteiger charge is 2.64. The summed E-state index contributed by atoms with van der Waals surface area (Å²) in [6.07, 6.45) is 1.88. The first-order valence-corrected chi connectivity index (χ1v) is 6.10. The normalized spacial score (nSPS) is 34.8. The van der Waals surface area contributed by atoms with Crippen molar-refractivity contribution in [3.05, 3.63) is 22.7 Å². The minimum absolute atomic E-state index is 0.0335. The number of hydrogen-bond donors (Lipinski definition) is 0. The number of aryl methyl sites for hydroxylation is 1. The van der Waals surface area contributed by atoms with Crippen LogP contribution in [-0.2, 0) is 14.9 Å². The number of methoxy groups -OCH3 is 1. The van der Waals surface area contributed by atoms with E-state index in [1.807, 2.05) is 6.92 Å². The van der Waals surface area contributed by atoms with Crippen molar-refractivity contribution >= 4 is 11.6 Å². The third-order valence-electron chi connectivity index (χ3n) is 3.68. The molecule has 3 aliphatic rings. The fourth-order valence-corrected chi connectivity index (χ4v) is 3.31. The highest BCUT2D eigenvalue weighted by atomic mass is 35.5. The molecule has 1 aliphatic carbocycles. The van der Waals surface area contributed by atoms with Crippen LogP contribution in [0.5, 0.6) is 0 Å². The van der Waals surface area contributed by atoms with E-state index in [0.717, 1.165) is 24.4 Å². The highest BCUT2D eigenvalue weighted by molar-refractivity contribution is 6.29. The predicted octanol–water partition coefficient (Wildman–Crippen LogP) is 1.89. The van der Waals surface area contributed by atoms with Gasteiger partial charge in [0.05, 0.1) is 24.2 Å². The van der Waals surface area contributed by atoms with Crippen LogP contribution in [0, 0.1) is 6.92 Å². The minimum atomic E-state index is -0.103. The second-order valence-electron chi connectivity index (χ2n) is 5.19. The topological polar surface area (TPSA) is 44.2 Å². The predicted molar refractivity (Wildman–Crippen MR) is 63.3 cm³/mol. The molecule has 2 bridgehead atoms. The number of aromatic nitrogens is 2. The summed E-state index contributed by atoms with van der Waals surface area (Å²) in [6.45, 7) is 3.26. The molecule has 0 unspecified atom stereocenters. The quantitative estimate of drug-likeness (QED) is 0.773. The van der Waals surface area contributed by atoms with Gasteiger partial charge in [0, 0.05) is 12.8 Å². The zero-order valence-electron chi connectivity index (χ0n) is 9.99. The molecule has 0 amide bonds. The van der Waals surface area contributed by atoms with Gasteiger partial charge in [-0.2, -0.15) is 0 Å². The number of nitrogens with zero attached hydrogens (tertiary/aromatic N) is 2. The van der Waals surface area contributed by atoms with E-state index in [0.29, 0.717) is 18.4 Å². The lowest BCUT2D eigenvalue weighted by Gasteiger charge is -2.42. The molecule has 0 N–H and O–H groups in total. The largest absolute Gasteiger partial charge is 0.382 e. The van der Waals surface area contributed by atoms with E-state index >= 15 is 0 Å². The summed E-state index contributed by atoms with van der Waals surface area (Å²) in [5.41, 5.74) is 0.771. The van der Waals surface area contributed by atoms with E-state index in [-0.39, 0.29) is 11.0 Å². The molecule has 3 fully saturated rings. The molecular weight excluding hydrogens is 240 g/mol. The number of ether oxygens (including phenoxy) is 2. The molecule has 1 aromatic rings. The molecule has 0 aromatic carbocycles. The van der Waals surface area contributed by atoms with Gasteiger partial charge in [-0.3, -0.25) is 0 Å². The van der Waals surface area contributed by atoms with Crippen molar-refractivity contribution in [3.63, 3.8) is 0 Å². The Hall–Kier alpha value is -0.710. The molecule has 2 saturated heterocycles. The molecule has 4 rings (SSSR count). The summed E-state index contributed by atoms with van der Waals surface area (Å²) in [6, 6.07) is 1.78. The van der Waals surface area contributed by atoms with Crippen LogP contribution in [0.25, 0.3) is 0 Å². The molecular formula is C12H15ClN2O2. The van der Waals surface area contributed by atoms with Crippen LogP contribution >= 0.6 is 11.6 Å². The van der Waals surface area contributed by atoms with Crippen LogP contribution in [0.4, 0.5) is 0 Å².